The first kappa shape index (κ1) is 38.1. The Labute approximate surface area is 274 Å². The van der Waals surface area contributed by atoms with E-state index in [0.717, 1.165) is 43.2 Å². The van der Waals surface area contributed by atoms with Crippen LogP contribution in [0.15, 0.2) is 97.5 Å². The minimum absolute atomic E-state index is 0. The summed E-state index contributed by atoms with van der Waals surface area (Å²) in [5, 5.41) is 12.7. The Morgan fingerprint density at radius 2 is 1.41 bits per heavy atom. The van der Waals surface area contributed by atoms with Gasteiger partial charge in [0.05, 0.1) is 6.54 Å². The molecule has 0 bridgehead atoms. The molecule has 1 aliphatic heterocycles. The SMILES string of the molecule is CCCCC1=CN(C(=O)O[C@@H](CCC)c2ccccc2)[CH][CH][CH]1.[C-]#[O+].[C-]#[O+].[Mo+2].c1cnn([B-](n2cccn2)n2cccn2)c1. The number of unbranched alkanes of at least 4 members (excludes halogenated alkanes) is 1. The second kappa shape index (κ2) is 22.6. The van der Waals surface area contributed by atoms with Crippen molar-refractivity contribution in [2.75, 3.05) is 0 Å². The van der Waals surface area contributed by atoms with E-state index in [2.05, 4.69) is 48.9 Å². The summed E-state index contributed by atoms with van der Waals surface area (Å²) in [6.45, 7) is 15.0. The van der Waals surface area contributed by atoms with Crippen LogP contribution in [0.4, 0.5) is 4.79 Å². The minimum atomic E-state index is -0.314. The van der Waals surface area contributed by atoms with Gasteiger partial charge in [0.2, 0.25) is 0 Å². The first-order chi connectivity index (χ1) is 21.2. The number of carbonyl (C=O) groups is 1. The van der Waals surface area contributed by atoms with Crippen LogP contribution in [0.5, 0.6) is 0 Å². The maximum absolute atomic E-state index is 12.5. The van der Waals surface area contributed by atoms with Crippen LogP contribution in [-0.2, 0) is 35.1 Å². The molecule has 0 unspecified atom stereocenters. The third kappa shape index (κ3) is 12.0. The van der Waals surface area contributed by atoms with Gasteiger partial charge in [0.1, 0.15) is 6.10 Å². The van der Waals surface area contributed by atoms with Crippen LogP contribution in [0.1, 0.15) is 57.6 Å². The van der Waals surface area contributed by atoms with Crippen molar-refractivity contribution in [2.45, 2.75) is 52.1 Å². The Hall–Kier alpha value is -3.91. The molecule has 1 aliphatic rings. The molecule has 1 aromatic carbocycles. The Balaban J connectivity index is 0.000000403. The van der Waals surface area contributed by atoms with Crippen molar-refractivity contribution in [3.63, 3.8) is 0 Å². The summed E-state index contributed by atoms with van der Waals surface area (Å²) in [4.78, 5) is 14.0. The average molecular weight is 676 g/mol. The molecule has 0 spiro atoms. The number of ether oxygens (including phenoxy) is 1. The molecular weight excluding hydrogens is 641 g/mol. The molecule has 226 valence electrons. The smallest absolute Gasteiger partial charge is 0.425 e. The van der Waals surface area contributed by atoms with Gasteiger partial charge in [-0.05, 0) is 80.0 Å². The predicted octanol–water partition coefficient (Wildman–Crippen LogP) is 5.75. The van der Waals surface area contributed by atoms with Crippen LogP contribution < -0.4 is 0 Å². The fraction of sp³-hybridized carbons (Fsp3) is 0.258. The van der Waals surface area contributed by atoms with Crippen molar-refractivity contribution >= 4 is 13.2 Å². The van der Waals surface area contributed by atoms with Crippen LogP contribution in [0.25, 0.3) is 0 Å². The number of hydrogen-bond donors (Lipinski definition) is 0. The van der Waals surface area contributed by atoms with Crippen molar-refractivity contribution in [3.8, 4) is 0 Å². The molecule has 1 amide bonds. The summed E-state index contributed by atoms with van der Waals surface area (Å²) in [7, 11) is -0.194. The van der Waals surface area contributed by atoms with Gasteiger partial charge in [0.15, 0.2) is 0 Å². The van der Waals surface area contributed by atoms with Gasteiger partial charge in [-0.25, -0.2) is 20.1 Å². The molecule has 0 N–H and O–H groups in total. The number of carbonyl (C=O) groups excluding carboxylic acids is 1. The molecule has 0 saturated carbocycles. The predicted molar refractivity (Wildman–Crippen MR) is 159 cm³/mol. The molecule has 0 aliphatic carbocycles. The normalized spacial score (nSPS) is 12.4. The third-order valence-electron chi connectivity index (χ3n) is 6.14. The molecule has 4 radical (unpaired) electrons. The van der Waals surface area contributed by atoms with Gasteiger partial charge in [0.25, 0.3) is 7.12 Å². The number of amides is 1. The molecule has 13 heteroatoms. The summed E-state index contributed by atoms with van der Waals surface area (Å²) >= 11 is 0. The van der Waals surface area contributed by atoms with E-state index >= 15 is 0 Å². The van der Waals surface area contributed by atoms with Gasteiger partial charge in [0, 0.05) is 24.8 Å². The molecule has 0 fully saturated rings. The Morgan fingerprint density at radius 3 is 1.86 bits per heavy atom. The number of hydrogen-bond acceptors (Lipinski definition) is 5. The van der Waals surface area contributed by atoms with E-state index in [1.165, 1.54) is 0 Å². The van der Waals surface area contributed by atoms with Gasteiger partial charge in [-0.15, -0.1) is 0 Å². The topological polar surface area (TPSA) is 123 Å². The largest absolute Gasteiger partial charge is 2.00 e. The van der Waals surface area contributed by atoms with Gasteiger partial charge in [-0.3, -0.25) is 4.90 Å². The van der Waals surface area contributed by atoms with E-state index in [1.54, 1.807) is 43.8 Å². The van der Waals surface area contributed by atoms with E-state index in [1.807, 2.05) is 79.7 Å². The fourth-order valence-electron chi connectivity index (χ4n) is 4.19. The van der Waals surface area contributed by atoms with Gasteiger partial charge >= 0.3 is 49.8 Å². The monoisotopic (exact) mass is 678 g/mol. The molecule has 1 atom stereocenters. The maximum Gasteiger partial charge on any atom is 2.00 e. The first-order valence-electron chi connectivity index (χ1n) is 13.8. The van der Waals surface area contributed by atoms with Gasteiger partial charge in [-0.2, -0.15) is 0 Å². The van der Waals surface area contributed by atoms with E-state index in [0.29, 0.717) is 0 Å². The zero-order valence-electron chi connectivity index (χ0n) is 24.8. The molecule has 4 heterocycles. The van der Waals surface area contributed by atoms with Gasteiger partial charge < -0.3 is 18.5 Å². The molecule has 3 aromatic heterocycles. The van der Waals surface area contributed by atoms with Crippen molar-refractivity contribution in [1.82, 2.24) is 34.0 Å². The standard InChI is InChI=1S/C20H26NO2.C9H9BN6.2CO.Mo/c1-3-5-11-17-12-9-15-21(16-17)20(22)23-19(10-4-2)18-13-7-6-8-14-18;1-4-11-14(7-1)10(15-8-2-5-12-15)16-9-3-6-13-16;2*1-2;/h6-9,12-16,19H,3-5,10-11H2,1-2H3;1-9H;;;/q;-1;;;+2/t19-;;;;/m0..../s1. The summed E-state index contributed by atoms with van der Waals surface area (Å²) in [6, 6.07) is 15.6. The van der Waals surface area contributed by atoms with E-state index in [4.69, 9.17) is 14.0 Å². The Morgan fingerprint density at radius 1 is 0.864 bits per heavy atom. The maximum atomic E-state index is 12.5. The van der Waals surface area contributed by atoms with E-state index in [-0.39, 0.29) is 40.4 Å². The Kier molecular flexibility index (Phi) is 19.6. The van der Waals surface area contributed by atoms with Crippen LogP contribution in [-0.4, -0.2) is 47.2 Å². The second-order valence-electron chi connectivity index (χ2n) is 9.10. The number of nitrogens with zero attached hydrogens (tertiary/aromatic N) is 7. The molecular formula is C31H35BMoN7O4+. The zero-order chi connectivity index (χ0) is 31.3. The van der Waals surface area contributed by atoms with Crippen molar-refractivity contribution in [1.29, 1.82) is 0 Å². The first-order valence-corrected chi connectivity index (χ1v) is 13.8. The minimum Gasteiger partial charge on any atom is -0.425 e. The van der Waals surface area contributed by atoms with E-state index < -0.39 is 0 Å². The number of aromatic nitrogens is 6. The molecule has 0 saturated heterocycles. The number of rotatable bonds is 10. The third-order valence-corrected chi connectivity index (χ3v) is 6.14. The molecule has 5 rings (SSSR count). The van der Waals surface area contributed by atoms with Crippen LogP contribution in [0.3, 0.4) is 0 Å². The zero-order valence-corrected chi connectivity index (χ0v) is 26.8. The van der Waals surface area contributed by atoms with Crippen molar-refractivity contribution < 1.29 is 39.9 Å². The molecule has 11 nitrogen and oxygen atoms in total. The quantitative estimate of drug-likeness (QED) is 0.120. The Bertz CT molecular complexity index is 1260. The molecule has 44 heavy (non-hydrogen) atoms. The van der Waals surface area contributed by atoms with Crippen LogP contribution in [0.2, 0.25) is 0 Å². The summed E-state index contributed by atoms with van der Waals surface area (Å²) in [6.07, 6.45) is 21.2. The second-order valence-corrected chi connectivity index (χ2v) is 9.10. The van der Waals surface area contributed by atoms with Crippen LogP contribution >= 0.6 is 0 Å². The number of allylic oxidation sites excluding steroid dienone is 1. The van der Waals surface area contributed by atoms with Crippen molar-refractivity contribution in [2.24, 2.45) is 0 Å². The molecule has 4 aromatic rings. The summed E-state index contributed by atoms with van der Waals surface area (Å²) in [5.41, 5.74) is 2.21. The summed E-state index contributed by atoms with van der Waals surface area (Å²) < 4.78 is 26.1. The van der Waals surface area contributed by atoms with Crippen molar-refractivity contribution in [3.05, 3.63) is 136 Å². The number of benzene rings is 1. The van der Waals surface area contributed by atoms with Crippen LogP contribution in [0, 0.1) is 32.7 Å². The van der Waals surface area contributed by atoms with Gasteiger partial charge in [-0.1, -0.05) is 57.0 Å². The average Bonchev–Trinajstić information content (AvgIpc) is 3.89. The van der Waals surface area contributed by atoms with E-state index in [9.17, 15) is 4.79 Å². The fourth-order valence-corrected chi connectivity index (χ4v) is 4.19. The summed E-state index contributed by atoms with van der Waals surface area (Å²) in [5.74, 6) is 0.